The molecule has 1 aromatic carbocycles. The molecule has 2 rings (SSSR count). The number of amides is 1. The summed E-state index contributed by atoms with van der Waals surface area (Å²) in [4.78, 5) is 23.2. The SMILES string of the molecule is CC(C)(C)OC(=O)Nc1ccc(-n2c(=O)[nH][nH]c2=S)cc1. The lowest BCUT2D eigenvalue weighted by molar-refractivity contribution is 0.0636. The predicted molar refractivity (Wildman–Crippen MR) is 81.4 cm³/mol. The van der Waals surface area contributed by atoms with Crippen LogP contribution in [0.4, 0.5) is 10.5 Å². The van der Waals surface area contributed by atoms with Crippen LogP contribution in [0.5, 0.6) is 0 Å². The molecule has 0 radical (unpaired) electrons. The minimum atomic E-state index is -0.560. The molecule has 0 atom stereocenters. The van der Waals surface area contributed by atoms with E-state index >= 15 is 0 Å². The summed E-state index contributed by atoms with van der Waals surface area (Å²) in [6, 6.07) is 6.66. The molecule has 0 fully saturated rings. The Morgan fingerprint density at radius 1 is 1.24 bits per heavy atom. The van der Waals surface area contributed by atoms with E-state index in [9.17, 15) is 9.59 Å². The quantitative estimate of drug-likeness (QED) is 0.743. The van der Waals surface area contributed by atoms with Crippen LogP contribution in [-0.4, -0.2) is 26.5 Å². The maximum absolute atomic E-state index is 11.6. The van der Waals surface area contributed by atoms with E-state index < -0.39 is 11.7 Å². The topological polar surface area (TPSA) is 91.9 Å². The van der Waals surface area contributed by atoms with Gasteiger partial charge in [-0.3, -0.25) is 10.4 Å². The summed E-state index contributed by atoms with van der Waals surface area (Å²) < 4.78 is 6.73. The molecular weight excluding hydrogens is 292 g/mol. The number of aromatic nitrogens is 3. The normalized spacial score (nSPS) is 11.2. The first-order chi connectivity index (χ1) is 9.76. The maximum atomic E-state index is 11.6. The number of hydrogen-bond donors (Lipinski definition) is 3. The molecule has 3 N–H and O–H groups in total. The van der Waals surface area contributed by atoms with Crippen molar-refractivity contribution in [2.24, 2.45) is 0 Å². The molecular formula is C13H16N4O3S. The van der Waals surface area contributed by atoms with E-state index in [-0.39, 0.29) is 10.5 Å². The van der Waals surface area contributed by atoms with E-state index in [1.165, 1.54) is 4.57 Å². The molecule has 0 aliphatic rings. The van der Waals surface area contributed by atoms with Crippen molar-refractivity contribution in [2.45, 2.75) is 26.4 Å². The van der Waals surface area contributed by atoms with Crippen molar-refractivity contribution in [1.29, 1.82) is 0 Å². The number of anilines is 1. The zero-order chi connectivity index (χ0) is 15.6. The second-order valence-electron chi connectivity index (χ2n) is 5.37. The van der Waals surface area contributed by atoms with Gasteiger partial charge in [-0.05, 0) is 57.3 Å². The lowest BCUT2D eigenvalue weighted by atomic mass is 10.2. The van der Waals surface area contributed by atoms with Gasteiger partial charge in [0.1, 0.15) is 5.60 Å². The highest BCUT2D eigenvalue weighted by Crippen LogP contribution is 2.14. The third-order valence-electron chi connectivity index (χ3n) is 2.45. The Hall–Kier alpha value is -2.35. The summed E-state index contributed by atoms with van der Waals surface area (Å²) in [7, 11) is 0. The monoisotopic (exact) mass is 308 g/mol. The van der Waals surface area contributed by atoms with Crippen LogP contribution >= 0.6 is 12.2 Å². The minimum absolute atomic E-state index is 0.271. The molecule has 0 saturated carbocycles. The van der Waals surface area contributed by atoms with E-state index in [0.717, 1.165) is 0 Å². The molecule has 1 aromatic heterocycles. The minimum Gasteiger partial charge on any atom is -0.444 e. The lowest BCUT2D eigenvalue weighted by Gasteiger charge is -2.19. The van der Waals surface area contributed by atoms with Crippen LogP contribution in [-0.2, 0) is 4.74 Å². The zero-order valence-electron chi connectivity index (χ0n) is 11.9. The summed E-state index contributed by atoms with van der Waals surface area (Å²) in [5.41, 5.74) is 0.242. The molecule has 112 valence electrons. The standard InChI is InChI=1S/C13H16N4O3S/c1-13(2,3)20-12(19)14-8-4-6-9(7-5-8)17-10(18)15-16-11(17)21/h4-7H,1-3H3,(H,14,19)(H,15,18)(H,16,21). The van der Waals surface area contributed by atoms with Crippen LogP contribution in [0.15, 0.2) is 29.1 Å². The molecule has 0 unspecified atom stereocenters. The van der Waals surface area contributed by atoms with Gasteiger partial charge in [-0.1, -0.05) is 0 Å². The number of carbonyl (C=O) groups is 1. The van der Waals surface area contributed by atoms with Crippen LogP contribution in [0.2, 0.25) is 0 Å². The van der Waals surface area contributed by atoms with Crippen molar-refractivity contribution in [3.05, 3.63) is 39.5 Å². The lowest BCUT2D eigenvalue weighted by Crippen LogP contribution is -2.27. The van der Waals surface area contributed by atoms with Gasteiger partial charge in [0.25, 0.3) is 0 Å². The summed E-state index contributed by atoms with van der Waals surface area (Å²) >= 11 is 5.00. The van der Waals surface area contributed by atoms with Gasteiger partial charge in [-0.2, -0.15) is 0 Å². The summed E-state index contributed by atoms with van der Waals surface area (Å²) in [5.74, 6) is 0. The van der Waals surface area contributed by atoms with Crippen molar-refractivity contribution in [1.82, 2.24) is 14.8 Å². The van der Waals surface area contributed by atoms with Gasteiger partial charge in [0, 0.05) is 5.69 Å². The van der Waals surface area contributed by atoms with Crippen molar-refractivity contribution >= 4 is 24.0 Å². The third-order valence-corrected chi connectivity index (χ3v) is 2.74. The molecule has 0 spiro atoms. The molecule has 7 nitrogen and oxygen atoms in total. The Labute approximate surface area is 125 Å². The first-order valence-corrected chi connectivity index (χ1v) is 6.67. The van der Waals surface area contributed by atoms with Gasteiger partial charge < -0.3 is 4.74 Å². The zero-order valence-corrected chi connectivity index (χ0v) is 12.7. The van der Waals surface area contributed by atoms with Crippen LogP contribution in [0.1, 0.15) is 20.8 Å². The fourth-order valence-electron chi connectivity index (χ4n) is 1.66. The van der Waals surface area contributed by atoms with Crippen LogP contribution in [0.3, 0.4) is 0 Å². The highest BCUT2D eigenvalue weighted by Gasteiger charge is 2.16. The fraction of sp³-hybridized carbons (Fsp3) is 0.308. The highest BCUT2D eigenvalue weighted by molar-refractivity contribution is 7.71. The van der Waals surface area contributed by atoms with Crippen molar-refractivity contribution in [2.75, 3.05) is 5.32 Å². The molecule has 21 heavy (non-hydrogen) atoms. The van der Waals surface area contributed by atoms with E-state index in [4.69, 9.17) is 17.0 Å². The number of aromatic amines is 2. The number of carbonyl (C=O) groups excluding carboxylic acids is 1. The number of ether oxygens (including phenoxy) is 1. The van der Waals surface area contributed by atoms with E-state index in [1.54, 1.807) is 45.0 Å². The summed E-state index contributed by atoms with van der Waals surface area (Å²) in [5, 5.41) is 7.56. The highest BCUT2D eigenvalue weighted by atomic mass is 32.1. The predicted octanol–water partition coefficient (Wildman–Crippen LogP) is 2.57. The van der Waals surface area contributed by atoms with E-state index in [0.29, 0.717) is 11.4 Å². The number of nitrogens with zero attached hydrogens (tertiary/aromatic N) is 1. The van der Waals surface area contributed by atoms with Gasteiger partial charge in [-0.25, -0.2) is 19.3 Å². The Bertz CT molecular complexity index is 722. The number of benzene rings is 1. The Morgan fingerprint density at radius 2 is 1.86 bits per heavy atom. The fourth-order valence-corrected chi connectivity index (χ4v) is 1.90. The molecule has 1 amide bonds. The van der Waals surface area contributed by atoms with Crippen molar-refractivity contribution in [3.8, 4) is 5.69 Å². The van der Waals surface area contributed by atoms with Crippen molar-refractivity contribution < 1.29 is 9.53 Å². The molecule has 0 bridgehead atoms. The van der Waals surface area contributed by atoms with E-state index in [1.807, 2.05) is 0 Å². The largest absolute Gasteiger partial charge is 0.444 e. The Kier molecular flexibility index (Phi) is 3.99. The molecule has 2 aromatic rings. The van der Waals surface area contributed by atoms with Gasteiger partial charge in [-0.15, -0.1) is 0 Å². The van der Waals surface area contributed by atoms with Gasteiger partial charge in [0.2, 0.25) is 4.77 Å². The molecule has 0 saturated heterocycles. The first kappa shape index (κ1) is 15.0. The average molecular weight is 308 g/mol. The third kappa shape index (κ3) is 3.82. The number of hydrogen-bond acceptors (Lipinski definition) is 4. The molecule has 0 aliphatic heterocycles. The van der Waals surface area contributed by atoms with Gasteiger partial charge >= 0.3 is 11.8 Å². The van der Waals surface area contributed by atoms with Crippen LogP contribution in [0.25, 0.3) is 5.69 Å². The molecule has 1 heterocycles. The molecule has 0 aliphatic carbocycles. The van der Waals surface area contributed by atoms with Crippen LogP contribution < -0.4 is 11.0 Å². The smallest absolute Gasteiger partial charge is 0.412 e. The number of H-pyrrole nitrogens is 2. The van der Waals surface area contributed by atoms with E-state index in [2.05, 4.69) is 15.5 Å². The second-order valence-corrected chi connectivity index (χ2v) is 5.76. The number of rotatable bonds is 2. The summed E-state index contributed by atoms with van der Waals surface area (Å²) in [6.07, 6.45) is -0.536. The number of nitrogens with one attached hydrogen (secondary N) is 3. The first-order valence-electron chi connectivity index (χ1n) is 6.26. The summed E-state index contributed by atoms with van der Waals surface area (Å²) in [6.45, 7) is 5.36. The Balaban J connectivity index is 2.15. The van der Waals surface area contributed by atoms with Crippen LogP contribution in [0, 0.1) is 4.77 Å². The van der Waals surface area contributed by atoms with Gasteiger partial charge in [0.15, 0.2) is 0 Å². The average Bonchev–Trinajstić information content (AvgIpc) is 2.68. The maximum Gasteiger partial charge on any atom is 0.412 e. The Morgan fingerprint density at radius 3 is 2.33 bits per heavy atom. The molecule has 8 heteroatoms. The van der Waals surface area contributed by atoms with Gasteiger partial charge in [0.05, 0.1) is 5.69 Å². The van der Waals surface area contributed by atoms with Crippen molar-refractivity contribution in [3.63, 3.8) is 0 Å². The second kappa shape index (κ2) is 5.57.